The van der Waals surface area contributed by atoms with Gasteiger partial charge in [-0.1, -0.05) is 17.7 Å². The maximum atomic E-state index is 14.2. The molecule has 0 atom stereocenters. The lowest BCUT2D eigenvalue weighted by Crippen LogP contribution is -2.16. The van der Waals surface area contributed by atoms with Crippen LogP contribution in [0.3, 0.4) is 0 Å². The molecule has 1 aliphatic carbocycles. The molecule has 1 saturated carbocycles. The number of fused-ring (bicyclic) bond motifs is 2. The summed E-state index contributed by atoms with van der Waals surface area (Å²) in [6.45, 7) is 2.59. The molecule has 3 aromatic heterocycles. The molecule has 8 nitrogen and oxygen atoms in total. The number of aryl methyl sites for hydroxylation is 2. The fourth-order valence-corrected chi connectivity index (χ4v) is 6.46. The molecule has 0 amide bonds. The van der Waals surface area contributed by atoms with Gasteiger partial charge in [0.1, 0.15) is 0 Å². The Hall–Kier alpha value is -3.82. The summed E-state index contributed by atoms with van der Waals surface area (Å²) < 4.78 is 42.9. The Morgan fingerprint density at radius 1 is 1.00 bits per heavy atom. The lowest BCUT2D eigenvalue weighted by atomic mass is 10.1. The van der Waals surface area contributed by atoms with E-state index in [2.05, 4.69) is 10.3 Å². The number of ether oxygens (including phenoxy) is 2. The van der Waals surface area contributed by atoms with Gasteiger partial charge in [0.05, 0.1) is 30.3 Å². The SMILES string of the molecule is COc1cc2c(-c3cc4c(CNC5CC5)ccnc4n3S(=O)(=O)c3ccc(C)cc3)cn(C)c2cc1OC. The Balaban J connectivity index is 1.65. The van der Waals surface area contributed by atoms with E-state index in [4.69, 9.17) is 9.47 Å². The third-order valence-electron chi connectivity index (χ3n) is 7.24. The maximum absolute atomic E-state index is 14.2. The van der Waals surface area contributed by atoms with Gasteiger partial charge in [-0.25, -0.2) is 17.4 Å². The maximum Gasteiger partial charge on any atom is 0.269 e. The van der Waals surface area contributed by atoms with Gasteiger partial charge in [0.15, 0.2) is 17.1 Å². The highest BCUT2D eigenvalue weighted by atomic mass is 32.2. The van der Waals surface area contributed by atoms with E-state index in [0.717, 1.165) is 33.0 Å². The summed E-state index contributed by atoms with van der Waals surface area (Å²) >= 11 is 0. The van der Waals surface area contributed by atoms with Gasteiger partial charge >= 0.3 is 0 Å². The van der Waals surface area contributed by atoms with Crippen LogP contribution in [0.2, 0.25) is 0 Å². The third kappa shape index (κ3) is 4.02. The molecule has 38 heavy (non-hydrogen) atoms. The van der Waals surface area contributed by atoms with E-state index >= 15 is 0 Å². The van der Waals surface area contributed by atoms with Gasteiger partial charge in [-0.15, -0.1) is 0 Å². The molecule has 0 spiro atoms. The summed E-state index contributed by atoms with van der Waals surface area (Å²) in [6, 6.07) is 15.2. The molecule has 1 aliphatic rings. The van der Waals surface area contributed by atoms with E-state index in [9.17, 15) is 8.42 Å². The minimum atomic E-state index is -3.97. The van der Waals surface area contributed by atoms with Crippen molar-refractivity contribution in [2.75, 3.05) is 14.2 Å². The first-order valence-corrected chi connectivity index (χ1v) is 14.0. The van der Waals surface area contributed by atoms with Gasteiger partial charge in [-0.3, -0.25) is 0 Å². The van der Waals surface area contributed by atoms with Crippen molar-refractivity contribution in [2.45, 2.75) is 37.2 Å². The van der Waals surface area contributed by atoms with Crippen LogP contribution in [0, 0.1) is 6.92 Å². The standard InChI is InChI=1S/C29H30N4O4S/c1-18-5-9-21(10-6-18)38(34,35)33-26(13-22-19(11-12-30-29(22)33)16-31-20-7-8-20)24-17-32(2)25-15-28(37-4)27(36-3)14-23(24)25/h5-6,9-15,17,20,31H,7-8,16H2,1-4H3. The predicted molar refractivity (Wildman–Crippen MR) is 148 cm³/mol. The van der Waals surface area contributed by atoms with Gasteiger partial charge in [0.2, 0.25) is 0 Å². The fraction of sp³-hybridized carbons (Fsp3) is 0.276. The summed E-state index contributed by atoms with van der Waals surface area (Å²) in [7, 11) is 1.15. The molecular weight excluding hydrogens is 500 g/mol. The Morgan fingerprint density at radius 3 is 2.39 bits per heavy atom. The van der Waals surface area contributed by atoms with Crippen molar-refractivity contribution < 1.29 is 17.9 Å². The summed E-state index contributed by atoms with van der Waals surface area (Å²) in [5, 5.41) is 5.21. The molecule has 3 heterocycles. The predicted octanol–water partition coefficient (Wildman–Crippen LogP) is 5.01. The van der Waals surface area contributed by atoms with Gasteiger partial charge in [0, 0.05) is 54.4 Å². The van der Waals surface area contributed by atoms with Crippen LogP contribution in [0.4, 0.5) is 0 Å². The van der Waals surface area contributed by atoms with E-state index in [-0.39, 0.29) is 4.90 Å². The van der Waals surface area contributed by atoms with Crippen molar-refractivity contribution in [2.24, 2.45) is 7.05 Å². The second-order valence-corrected chi connectivity index (χ2v) is 11.6. The van der Waals surface area contributed by atoms with E-state index in [1.807, 2.05) is 61.1 Å². The molecule has 1 N–H and O–H groups in total. The van der Waals surface area contributed by atoms with Gasteiger partial charge in [0.25, 0.3) is 10.0 Å². The Labute approximate surface area is 221 Å². The number of nitrogens with one attached hydrogen (secondary N) is 1. The van der Waals surface area contributed by atoms with Crippen molar-refractivity contribution in [1.82, 2.24) is 18.8 Å². The van der Waals surface area contributed by atoms with Gasteiger partial charge in [-0.05, 0) is 55.7 Å². The monoisotopic (exact) mass is 530 g/mol. The van der Waals surface area contributed by atoms with Crippen LogP contribution in [0.25, 0.3) is 33.2 Å². The molecule has 0 unspecified atom stereocenters. The highest BCUT2D eigenvalue weighted by Crippen LogP contribution is 2.41. The largest absolute Gasteiger partial charge is 0.493 e. The van der Waals surface area contributed by atoms with E-state index in [1.54, 1.807) is 32.5 Å². The molecule has 0 bridgehead atoms. The molecule has 196 valence electrons. The normalized spacial score (nSPS) is 13.9. The van der Waals surface area contributed by atoms with E-state index in [1.165, 1.54) is 16.8 Å². The molecule has 2 aromatic carbocycles. The molecule has 9 heteroatoms. The Kier molecular flexibility index (Phi) is 5.92. The fourth-order valence-electron chi connectivity index (χ4n) is 4.98. The molecule has 0 saturated heterocycles. The zero-order valence-corrected chi connectivity index (χ0v) is 22.7. The van der Waals surface area contributed by atoms with Crippen LogP contribution < -0.4 is 14.8 Å². The number of nitrogens with zero attached hydrogens (tertiary/aromatic N) is 3. The van der Waals surface area contributed by atoms with Crippen molar-refractivity contribution in [3.05, 3.63) is 72.1 Å². The first kappa shape index (κ1) is 24.5. The lowest BCUT2D eigenvalue weighted by molar-refractivity contribution is 0.355. The van der Waals surface area contributed by atoms with Gasteiger partial charge in [-0.2, -0.15) is 0 Å². The zero-order chi connectivity index (χ0) is 26.6. The van der Waals surface area contributed by atoms with Crippen molar-refractivity contribution in [3.8, 4) is 22.8 Å². The van der Waals surface area contributed by atoms with Crippen molar-refractivity contribution in [1.29, 1.82) is 0 Å². The highest BCUT2D eigenvalue weighted by molar-refractivity contribution is 7.90. The topological polar surface area (TPSA) is 87.4 Å². The lowest BCUT2D eigenvalue weighted by Gasteiger charge is -2.12. The number of hydrogen-bond donors (Lipinski definition) is 1. The zero-order valence-electron chi connectivity index (χ0n) is 21.9. The highest BCUT2D eigenvalue weighted by Gasteiger charge is 2.28. The molecule has 0 radical (unpaired) electrons. The van der Waals surface area contributed by atoms with Crippen LogP contribution in [0.5, 0.6) is 11.5 Å². The summed E-state index contributed by atoms with van der Waals surface area (Å²) in [5.41, 5.74) is 4.62. The van der Waals surface area contributed by atoms with E-state index < -0.39 is 10.0 Å². The van der Waals surface area contributed by atoms with Crippen LogP contribution in [-0.2, 0) is 23.6 Å². The average Bonchev–Trinajstić information content (AvgIpc) is 3.58. The van der Waals surface area contributed by atoms with E-state index in [0.29, 0.717) is 35.4 Å². The number of methoxy groups -OCH3 is 2. The molecular formula is C29H30N4O4S. The minimum absolute atomic E-state index is 0.213. The molecule has 5 aromatic rings. The minimum Gasteiger partial charge on any atom is -0.493 e. The number of rotatable bonds is 8. The first-order chi connectivity index (χ1) is 18.3. The summed E-state index contributed by atoms with van der Waals surface area (Å²) in [6.07, 6.45) is 5.97. The number of benzene rings is 2. The Morgan fingerprint density at radius 2 is 1.71 bits per heavy atom. The Bertz CT molecular complexity index is 1780. The van der Waals surface area contributed by atoms with Crippen molar-refractivity contribution >= 4 is 32.0 Å². The number of hydrogen-bond acceptors (Lipinski definition) is 6. The third-order valence-corrected chi connectivity index (χ3v) is 8.96. The van der Waals surface area contributed by atoms with Gasteiger partial charge < -0.3 is 19.4 Å². The molecule has 0 aliphatic heterocycles. The number of aromatic nitrogens is 3. The second kappa shape index (κ2) is 9.18. The smallest absolute Gasteiger partial charge is 0.269 e. The summed E-state index contributed by atoms with van der Waals surface area (Å²) in [4.78, 5) is 4.81. The molecule has 6 rings (SSSR count). The van der Waals surface area contributed by atoms with Crippen LogP contribution in [0.1, 0.15) is 24.0 Å². The summed E-state index contributed by atoms with van der Waals surface area (Å²) in [5.74, 6) is 1.18. The van der Waals surface area contributed by atoms with Crippen LogP contribution >= 0.6 is 0 Å². The van der Waals surface area contributed by atoms with Crippen LogP contribution in [-0.4, -0.2) is 42.2 Å². The quantitative estimate of drug-likeness (QED) is 0.304. The number of pyridine rings is 1. The van der Waals surface area contributed by atoms with Crippen molar-refractivity contribution in [3.63, 3.8) is 0 Å². The second-order valence-electron chi connectivity index (χ2n) is 9.85. The van der Waals surface area contributed by atoms with Crippen LogP contribution in [0.15, 0.2) is 65.8 Å². The first-order valence-electron chi connectivity index (χ1n) is 12.6. The average molecular weight is 531 g/mol. The molecule has 1 fully saturated rings.